The minimum Gasteiger partial charge on any atom is -0.466 e. The zero-order valence-corrected chi connectivity index (χ0v) is 20.1. The lowest BCUT2D eigenvalue weighted by molar-refractivity contribution is -0.135. The van der Waals surface area contributed by atoms with Gasteiger partial charge in [0.15, 0.2) is 8.32 Å². The van der Waals surface area contributed by atoms with Gasteiger partial charge in [0.05, 0.1) is 32.5 Å². The van der Waals surface area contributed by atoms with Crippen LogP contribution in [0.3, 0.4) is 0 Å². The van der Waals surface area contributed by atoms with E-state index in [0.29, 0.717) is 32.7 Å². The highest BCUT2D eigenvalue weighted by Crippen LogP contribution is 2.40. The van der Waals surface area contributed by atoms with E-state index in [2.05, 4.69) is 33.9 Å². The largest absolute Gasteiger partial charge is 0.466 e. The van der Waals surface area contributed by atoms with E-state index in [0.717, 1.165) is 0 Å². The number of carbonyl (C=O) groups is 1. The number of rotatable bonds is 12. The lowest BCUT2D eigenvalue weighted by Crippen LogP contribution is -2.42. The summed E-state index contributed by atoms with van der Waals surface area (Å²) in [5.74, 6) is -0.265. The molecule has 1 rings (SSSR count). The summed E-state index contributed by atoms with van der Waals surface area (Å²) in [5, 5.41) is 10.4. The molecule has 29 heavy (non-hydrogen) atoms. The lowest BCUT2D eigenvalue weighted by atomic mass is 9.91. The van der Waals surface area contributed by atoms with Gasteiger partial charge in [-0.25, -0.2) is 4.79 Å². The molecule has 4 atom stereocenters. The number of hydrogen-bond acceptors (Lipinski definition) is 7. The number of aliphatic hydroxyl groups excluding tert-OH is 1. The van der Waals surface area contributed by atoms with Crippen LogP contribution in [-0.4, -0.2) is 72.4 Å². The van der Waals surface area contributed by atoms with Crippen LogP contribution < -0.4 is 0 Å². The van der Waals surface area contributed by atoms with Crippen LogP contribution >= 0.6 is 0 Å². The van der Waals surface area contributed by atoms with Crippen molar-refractivity contribution in [3.63, 3.8) is 0 Å². The van der Waals surface area contributed by atoms with Crippen LogP contribution in [-0.2, 0) is 28.2 Å². The summed E-state index contributed by atoms with van der Waals surface area (Å²) in [5.41, 5.74) is 0. The minimum absolute atomic E-state index is 0.0294. The van der Waals surface area contributed by atoms with Crippen molar-refractivity contribution < 1.29 is 33.3 Å². The second kappa shape index (κ2) is 12.2. The van der Waals surface area contributed by atoms with E-state index in [9.17, 15) is 9.90 Å². The lowest BCUT2D eigenvalue weighted by Gasteiger charge is -2.38. The van der Waals surface area contributed by atoms with E-state index in [1.165, 1.54) is 13.2 Å². The topological polar surface area (TPSA) is 83.5 Å². The maximum absolute atomic E-state index is 11.6. The summed E-state index contributed by atoms with van der Waals surface area (Å²) in [6.45, 7) is 12.7. The Bertz CT molecular complexity index is 516. The summed E-state index contributed by atoms with van der Waals surface area (Å²) in [7, 11) is 1.05. The molecule has 7 nitrogen and oxygen atoms in total. The van der Waals surface area contributed by atoms with Crippen LogP contribution in [0.2, 0.25) is 18.1 Å². The Kier molecular flexibility index (Phi) is 11.0. The highest BCUT2D eigenvalue weighted by molar-refractivity contribution is 6.74. The van der Waals surface area contributed by atoms with Crippen molar-refractivity contribution in [2.45, 2.75) is 64.0 Å². The van der Waals surface area contributed by atoms with Crippen LogP contribution in [0, 0.1) is 11.8 Å². The first kappa shape index (κ1) is 26.3. The molecule has 0 aromatic rings. The first-order valence-corrected chi connectivity index (χ1v) is 13.2. The van der Waals surface area contributed by atoms with Gasteiger partial charge in [-0.2, -0.15) is 0 Å². The van der Waals surface area contributed by atoms with E-state index in [4.69, 9.17) is 23.4 Å². The smallest absolute Gasteiger partial charge is 0.330 e. The molecule has 0 heterocycles. The Morgan fingerprint density at radius 2 is 1.90 bits per heavy atom. The van der Waals surface area contributed by atoms with E-state index in [-0.39, 0.29) is 29.8 Å². The Morgan fingerprint density at radius 3 is 2.48 bits per heavy atom. The highest BCUT2D eigenvalue weighted by atomic mass is 28.4. The number of aliphatic hydroxyl groups is 1. The fourth-order valence-corrected chi connectivity index (χ4v) is 4.21. The zero-order valence-electron chi connectivity index (χ0n) is 19.1. The second-order valence-electron chi connectivity index (χ2n) is 9.15. The second-order valence-corrected chi connectivity index (χ2v) is 14.0. The summed E-state index contributed by atoms with van der Waals surface area (Å²) < 4.78 is 27.4. The summed E-state index contributed by atoms with van der Waals surface area (Å²) in [6, 6.07) is 0. The van der Waals surface area contributed by atoms with Crippen LogP contribution in [0.15, 0.2) is 12.2 Å². The van der Waals surface area contributed by atoms with Crippen molar-refractivity contribution in [3.8, 4) is 0 Å². The van der Waals surface area contributed by atoms with Crippen molar-refractivity contribution in [2.75, 3.05) is 40.8 Å². The van der Waals surface area contributed by atoms with E-state index >= 15 is 0 Å². The molecule has 1 saturated carbocycles. The SMILES string of the molecule is COCCOCOC(/C=C/C(=O)OC)[C@H]1C[C@@H](O)C[C@@H]1CO[Si](C)(C)C(C)(C)C. The molecule has 0 aromatic carbocycles. The molecule has 0 radical (unpaired) electrons. The van der Waals surface area contributed by atoms with Crippen molar-refractivity contribution in [3.05, 3.63) is 12.2 Å². The molecule has 1 N–H and O–H groups in total. The zero-order chi connectivity index (χ0) is 22.1. The summed E-state index contributed by atoms with van der Waals surface area (Å²) in [4.78, 5) is 11.6. The van der Waals surface area contributed by atoms with Crippen LogP contribution in [0.4, 0.5) is 0 Å². The number of hydrogen-bond donors (Lipinski definition) is 1. The number of methoxy groups -OCH3 is 2. The van der Waals surface area contributed by atoms with Gasteiger partial charge in [-0.05, 0) is 48.9 Å². The van der Waals surface area contributed by atoms with Crippen molar-refractivity contribution >= 4 is 14.3 Å². The van der Waals surface area contributed by atoms with Crippen molar-refractivity contribution in [1.82, 2.24) is 0 Å². The minimum atomic E-state index is -1.89. The maximum Gasteiger partial charge on any atom is 0.330 e. The Hall–Kier alpha value is -0.773. The van der Waals surface area contributed by atoms with Gasteiger partial charge < -0.3 is 28.5 Å². The normalized spacial score (nSPS) is 24.2. The quantitative estimate of drug-likeness (QED) is 0.167. The molecule has 170 valence electrons. The first-order valence-electron chi connectivity index (χ1n) is 10.3. The molecule has 1 aliphatic rings. The predicted molar refractivity (Wildman–Crippen MR) is 114 cm³/mol. The standard InChI is InChI=1S/C21H40O7Si/c1-21(2,3)29(6,7)28-14-16-12-17(22)13-18(16)19(8-9-20(23)25-5)27-15-26-11-10-24-4/h8-9,16-19,22H,10-15H2,1-7H3/b9-8+/t16-,17+,18+,19?/m1/s1. The van der Waals surface area contributed by atoms with Gasteiger partial charge >= 0.3 is 5.97 Å². The third-order valence-electron chi connectivity index (χ3n) is 6.01. The molecular formula is C21H40O7Si. The van der Waals surface area contributed by atoms with Crippen molar-refractivity contribution in [1.29, 1.82) is 0 Å². The molecule has 1 unspecified atom stereocenters. The van der Waals surface area contributed by atoms with Gasteiger partial charge in [0.25, 0.3) is 0 Å². The molecular weight excluding hydrogens is 392 g/mol. The number of ether oxygens (including phenoxy) is 4. The molecule has 0 bridgehead atoms. The molecule has 0 aliphatic heterocycles. The number of carbonyl (C=O) groups excluding carboxylic acids is 1. The van der Waals surface area contributed by atoms with Gasteiger partial charge in [-0.15, -0.1) is 0 Å². The third-order valence-corrected chi connectivity index (χ3v) is 10.5. The van der Waals surface area contributed by atoms with E-state index in [1.54, 1.807) is 13.2 Å². The Labute approximate surface area is 176 Å². The first-order chi connectivity index (χ1) is 13.5. The molecule has 0 amide bonds. The molecule has 0 saturated heterocycles. The maximum atomic E-state index is 11.6. The number of esters is 1. The van der Waals surface area contributed by atoms with E-state index < -0.39 is 20.4 Å². The van der Waals surface area contributed by atoms with E-state index in [1.807, 2.05) is 0 Å². The van der Waals surface area contributed by atoms with Crippen LogP contribution in [0.25, 0.3) is 0 Å². The predicted octanol–water partition coefficient (Wildman–Crippen LogP) is 3.13. The molecule has 1 fully saturated rings. The van der Waals surface area contributed by atoms with Crippen LogP contribution in [0.1, 0.15) is 33.6 Å². The van der Waals surface area contributed by atoms with Gasteiger partial charge in [0, 0.05) is 19.8 Å². The molecule has 0 spiro atoms. The summed E-state index contributed by atoms with van der Waals surface area (Å²) >= 11 is 0. The highest BCUT2D eigenvalue weighted by Gasteiger charge is 2.42. The van der Waals surface area contributed by atoms with Gasteiger partial charge in [0.2, 0.25) is 0 Å². The summed E-state index contributed by atoms with van der Waals surface area (Å²) in [6.07, 6.45) is 3.56. The van der Waals surface area contributed by atoms with Gasteiger partial charge in [-0.1, -0.05) is 20.8 Å². The molecule has 8 heteroatoms. The Morgan fingerprint density at radius 1 is 1.21 bits per heavy atom. The fraction of sp³-hybridized carbons (Fsp3) is 0.857. The van der Waals surface area contributed by atoms with Crippen molar-refractivity contribution in [2.24, 2.45) is 11.8 Å². The van der Waals surface area contributed by atoms with Crippen LogP contribution in [0.5, 0.6) is 0 Å². The molecule has 1 aliphatic carbocycles. The fourth-order valence-electron chi connectivity index (χ4n) is 3.14. The van der Waals surface area contributed by atoms with Gasteiger partial charge in [0.1, 0.15) is 6.79 Å². The third kappa shape index (κ3) is 8.86. The monoisotopic (exact) mass is 432 g/mol. The Balaban J connectivity index is 2.82. The van der Waals surface area contributed by atoms with Gasteiger partial charge in [-0.3, -0.25) is 0 Å². The average Bonchev–Trinajstić information content (AvgIpc) is 3.01. The molecule has 0 aromatic heterocycles. The average molecular weight is 433 g/mol.